The Morgan fingerprint density at radius 3 is 2.62 bits per heavy atom. The Balaban J connectivity index is 1.82. The van der Waals surface area contributed by atoms with Crippen molar-refractivity contribution in [1.82, 2.24) is 0 Å². The van der Waals surface area contributed by atoms with Gasteiger partial charge in [0.05, 0.1) is 18.6 Å². The highest BCUT2D eigenvalue weighted by Gasteiger charge is 2.25. The molecule has 2 aromatic rings. The van der Waals surface area contributed by atoms with Crippen LogP contribution in [0.4, 0.5) is 0 Å². The third-order valence-electron chi connectivity index (χ3n) is 3.61. The zero-order valence-corrected chi connectivity index (χ0v) is 14.4. The van der Waals surface area contributed by atoms with Crippen molar-refractivity contribution in [2.75, 3.05) is 27.4 Å². The molecule has 1 aliphatic rings. The molecule has 0 N–H and O–H groups in total. The molecule has 0 aromatic heterocycles. The average molecular weight is 342 g/mol. The van der Waals surface area contributed by atoms with Gasteiger partial charge in [0, 0.05) is 17.6 Å². The summed E-state index contributed by atoms with van der Waals surface area (Å²) in [7, 11) is 3.23. The first-order valence-corrected chi connectivity index (χ1v) is 8.37. The van der Waals surface area contributed by atoms with Crippen molar-refractivity contribution in [2.24, 2.45) is 0 Å². The van der Waals surface area contributed by atoms with Gasteiger partial charge < -0.3 is 14.2 Å². The van der Waals surface area contributed by atoms with Gasteiger partial charge in [-0.1, -0.05) is 30.0 Å². The summed E-state index contributed by atoms with van der Waals surface area (Å²) in [5.41, 5.74) is 1.66. The van der Waals surface area contributed by atoms with Crippen LogP contribution in [0.15, 0.2) is 52.3 Å². The molecule has 0 bridgehead atoms. The lowest BCUT2D eigenvalue weighted by Crippen LogP contribution is -2.05. The summed E-state index contributed by atoms with van der Waals surface area (Å²) in [4.78, 5) is 14.2. The number of methoxy groups -OCH3 is 2. The summed E-state index contributed by atoms with van der Waals surface area (Å²) in [6.07, 6.45) is 1.88. The van der Waals surface area contributed by atoms with E-state index in [9.17, 15) is 4.79 Å². The second-order valence-corrected chi connectivity index (χ2v) is 6.27. The minimum absolute atomic E-state index is 0.0648. The molecule has 0 atom stereocenters. The predicted octanol–water partition coefficient (Wildman–Crippen LogP) is 4.05. The molecule has 0 spiro atoms. The number of thioether (sulfide) groups is 1. The van der Waals surface area contributed by atoms with Crippen molar-refractivity contribution < 1.29 is 19.0 Å². The first kappa shape index (κ1) is 16.6. The normalized spacial score (nSPS) is 14.8. The smallest absolute Gasteiger partial charge is 0.200 e. The van der Waals surface area contributed by atoms with E-state index in [4.69, 9.17) is 14.2 Å². The number of fused-ring (bicyclic) bond motifs is 1. The van der Waals surface area contributed by atoms with Crippen LogP contribution in [0.25, 0.3) is 6.08 Å². The fourth-order valence-electron chi connectivity index (χ4n) is 2.42. The minimum Gasteiger partial charge on any atom is -0.493 e. The molecule has 0 unspecified atom stereocenters. The minimum atomic E-state index is 0.0648. The highest BCUT2D eigenvalue weighted by molar-refractivity contribution is 8.04. The second-order valence-electron chi connectivity index (χ2n) is 5.19. The first-order valence-electron chi connectivity index (χ1n) is 7.56. The van der Waals surface area contributed by atoms with E-state index in [-0.39, 0.29) is 5.78 Å². The van der Waals surface area contributed by atoms with Gasteiger partial charge in [-0.05, 0) is 35.9 Å². The summed E-state index contributed by atoms with van der Waals surface area (Å²) >= 11 is 1.50. The third kappa shape index (κ3) is 3.47. The molecule has 24 heavy (non-hydrogen) atoms. The van der Waals surface area contributed by atoms with Gasteiger partial charge in [-0.15, -0.1) is 0 Å². The third-order valence-corrected chi connectivity index (χ3v) is 4.70. The highest BCUT2D eigenvalue weighted by atomic mass is 32.2. The van der Waals surface area contributed by atoms with Crippen LogP contribution < -0.4 is 9.47 Å². The quantitative estimate of drug-likeness (QED) is 0.585. The Morgan fingerprint density at radius 1 is 1.04 bits per heavy atom. The Kier molecular flexibility index (Phi) is 5.23. The number of allylic oxidation sites excluding steroid dienone is 1. The fourth-order valence-corrected chi connectivity index (χ4v) is 3.47. The number of ketones is 1. The van der Waals surface area contributed by atoms with E-state index in [0.29, 0.717) is 29.6 Å². The Labute approximate surface area is 145 Å². The van der Waals surface area contributed by atoms with Crippen LogP contribution in [0, 0.1) is 0 Å². The first-order chi connectivity index (χ1) is 11.7. The molecular weight excluding hydrogens is 324 g/mol. The number of hydrogen-bond acceptors (Lipinski definition) is 5. The molecule has 124 valence electrons. The lowest BCUT2D eigenvalue weighted by molar-refractivity contribution is 0.104. The van der Waals surface area contributed by atoms with Gasteiger partial charge in [-0.3, -0.25) is 4.79 Å². The lowest BCUT2D eigenvalue weighted by Gasteiger charge is -2.11. The van der Waals surface area contributed by atoms with Crippen LogP contribution in [-0.2, 0) is 4.74 Å². The fraction of sp³-hybridized carbons (Fsp3) is 0.211. The van der Waals surface area contributed by atoms with Gasteiger partial charge in [0.1, 0.15) is 6.61 Å². The maximum atomic E-state index is 12.4. The second kappa shape index (κ2) is 7.55. The highest BCUT2D eigenvalue weighted by Crippen LogP contribution is 2.41. The van der Waals surface area contributed by atoms with Crippen molar-refractivity contribution >= 4 is 23.6 Å². The molecule has 3 rings (SSSR count). The van der Waals surface area contributed by atoms with E-state index in [1.807, 2.05) is 48.5 Å². The van der Waals surface area contributed by atoms with E-state index >= 15 is 0 Å². The van der Waals surface area contributed by atoms with Crippen molar-refractivity contribution in [3.05, 3.63) is 58.5 Å². The number of rotatable bonds is 6. The van der Waals surface area contributed by atoms with Crippen LogP contribution >= 0.6 is 11.8 Å². The SMILES string of the molecule is COCCOc1ccc(/C=C2\Sc3ccccc3C2=O)cc1OC. The van der Waals surface area contributed by atoms with Crippen molar-refractivity contribution in [3.8, 4) is 11.5 Å². The van der Waals surface area contributed by atoms with E-state index in [1.54, 1.807) is 14.2 Å². The predicted molar refractivity (Wildman–Crippen MR) is 95.0 cm³/mol. The Morgan fingerprint density at radius 2 is 1.88 bits per heavy atom. The van der Waals surface area contributed by atoms with Crippen molar-refractivity contribution in [1.29, 1.82) is 0 Å². The summed E-state index contributed by atoms with van der Waals surface area (Å²) in [5.74, 6) is 1.36. The van der Waals surface area contributed by atoms with Gasteiger partial charge in [0.25, 0.3) is 0 Å². The Bertz CT molecular complexity index is 783. The molecule has 4 nitrogen and oxygen atoms in total. The van der Waals surface area contributed by atoms with Gasteiger partial charge in [-0.2, -0.15) is 0 Å². The Hall–Kier alpha value is -2.24. The molecule has 0 fully saturated rings. The van der Waals surface area contributed by atoms with E-state index in [2.05, 4.69) is 0 Å². The number of benzene rings is 2. The zero-order valence-electron chi connectivity index (χ0n) is 13.6. The number of ether oxygens (including phenoxy) is 3. The van der Waals surface area contributed by atoms with Gasteiger partial charge in [-0.25, -0.2) is 0 Å². The molecule has 5 heteroatoms. The summed E-state index contributed by atoms with van der Waals surface area (Å²) < 4.78 is 16.0. The molecular formula is C19H18O4S. The van der Waals surface area contributed by atoms with E-state index in [0.717, 1.165) is 16.0 Å². The molecule has 0 saturated heterocycles. The molecule has 2 aromatic carbocycles. The molecule has 1 aliphatic heterocycles. The molecule has 0 saturated carbocycles. The lowest BCUT2D eigenvalue weighted by atomic mass is 10.1. The average Bonchev–Trinajstić information content (AvgIpc) is 2.92. The van der Waals surface area contributed by atoms with Gasteiger partial charge >= 0.3 is 0 Å². The number of Topliss-reactive ketones (excluding diaryl/α,β-unsaturated/α-hetero) is 1. The number of carbonyl (C=O) groups excluding carboxylic acids is 1. The van der Waals surface area contributed by atoms with Crippen LogP contribution in [0.2, 0.25) is 0 Å². The van der Waals surface area contributed by atoms with Crippen molar-refractivity contribution in [3.63, 3.8) is 0 Å². The molecule has 0 radical (unpaired) electrons. The molecule has 0 aliphatic carbocycles. The summed E-state index contributed by atoms with van der Waals surface area (Å²) in [5, 5.41) is 0. The molecule has 0 amide bonds. The summed E-state index contributed by atoms with van der Waals surface area (Å²) in [6, 6.07) is 13.3. The summed E-state index contributed by atoms with van der Waals surface area (Å²) in [6.45, 7) is 0.968. The van der Waals surface area contributed by atoms with Crippen molar-refractivity contribution in [2.45, 2.75) is 4.90 Å². The largest absolute Gasteiger partial charge is 0.493 e. The standard InChI is InChI=1S/C19H18O4S/c1-21-9-10-23-15-8-7-13(11-16(15)22-2)12-18-19(20)14-5-3-4-6-17(14)24-18/h3-8,11-12H,9-10H2,1-2H3/b18-12-. The van der Waals surface area contributed by atoms with E-state index in [1.165, 1.54) is 11.8 Å². The topological polar surface area (TPSA) is 44.8 Å². The van der Waals surface area contributed by atoms with Crippen LogP contribution in [0.3, 0.4) is 0 Å². The number of hydrogen-bond donors (Lipinski definition) is 0. The van der Waals surface area contributed by atoms with Gasteiger partial charge in [0.2, 0.25) is 5.78 Å². The van der Waals surface area contributed by atoms with Crippen LogP contribution in [-0.4, -0.2) is 33.2 Å². The monoisotopic (exact) mass is 342 g/mol. The van der Waals surface area contributed by atoms with Crippen LogP contribution in [0.5, 0.6) is 11.5 Å². The maximum absolute atomic E-state index is 12.4. The molecule has 1 heterocycles. The van der Waals surface area contributed by atoms with Gasteiger partial charge in [0.15, 0.2) is 11.5 Å². The maximum Gasteiger partial charge on any atom is 0.200 e. The van der Waals surface area contributed by atoms with E-state index < -0.39 is 0 Å². The van der Waals surface area contributed by atoms with Crippen LogP contribution in [0.1, 0.15) is 15.9 Å². The zero-order chi connectivity index (χ0) is 16.9. The number of carbonyl (C=O) groups is 1.